The fraction of sp³-hybridized carbons (Fsp3) is 0.875. The Morgan fingerprint density at radius 2 is 2.18 bits per heavy atom. The first-order valence-corrected chi connectivity index (χ1v) is 5.55. The van der Waals surface area contributed by atoms with Crippen molar-refractivity contribution in [1.82, 2.24) is 0 Å². The van der Waals surface area contributed by atoms with Crippen LogP contribution in [0.15, 0.2) is 0 Å². The fourth-order valence-corrected chi connectivity index (χ4v) is 0.995. The molecule has 0 aromatic carbocycles. The number of carbonyl (C=O) groups is 1. The molecule has 0 atom stereocenters. The fourth-order valence-electron chi connectivity index (χ4n) is 0.614. The van der Waals surface area contributed by atoms with Gasteiger partial charge in [-0.3, -0.25) is 4.79 Å². The van der Waals surface area contributed by atoms with Gasteiger partial charge in [0.1, 0.15) is 0 Å². The zero-order chi connectivity index (χ0) is 8.53. The molecule has 0 aromatic heterocycles. The number of ether oxygens (including phenoxy) is 1. The van der Waals surface area contributed by atoms with Crippen LogP contribution in [-0.2, 0) is 9.53 Å². The summed E-state index contributed by atoms with van der Waals surface area (Å²) in [5, 5.41) is 0. The van der Waals surface area contributed by atoms with Crippen molar-refractivity contribution in [2.75, 3.05) is 11.0 Å². The van der Waals surface area contributed by atoms with Crippen molar-refractivity contribution in [3.8, 4) is 0 Å². The van der Waals surface area contributed by atoms with Gasteiger partial charge in [0.25, 0.3) is 0 Å². The van der Waals surface area contributed by atoms with Gasteiger partial charge in [0, 0.05) is 10.8 Å². The van der Waals surface area contributed by atoms with Crippen LogP contribution >= 0.6 is 22.6 Å². The van der Waals surface area contributed by atoms with Crippen LogP contribution in [0.1, 0.15) is 32.6 Å². The highest BCUT2D eigenvalue weighted by Crippen LogP contribution is 1.97. The summed E-state index contributed by atoms with van der Waals surface area (Å²) in [6.07, 6.45) is 3.58. The highest BCUT2D eigenvalue weighted by atomic mass is 127. The first kappa shape index (κ1) is 11.2. The maximum Gasteiger partial charge on any atom is 0.305 e. The minimum atomic E-state index is -0.0462. The average Bonchev–Trinajstić information content (AvgIpc) is 2.01. The van der Waals surface area contributed by atoms with Gasteiger partial charge in [0.15, 0.2) is 0 Å². The molecule has 3 heteroatoms. The molecule has 0 bridgehead atoms. The maximum absolute atomic E-state index is 10.9. The van der Waals surface area contributed by atoms with E-state index in [4.69, 9.17) is 4.74 Å². The lowest BCUT2D eigenvalue weighted by atomic mass is 10.3. The van der Waals surface area contributed by atoms with Crippen molar-refractivity contribution in [3.63, 3.8) is 0 Å². The lowest BCUT2D eigenvalue weighted by Crippen LogP contribution is -2.05. The molecular weight excluding hydrogens is 255 g/mol. The van der Waals surface area contributed by atoms with E-state index >= 15 is 0 Å². The molecule has 0 saturated carbocycles. The topological polar surface area (TPSA) is 26.3 Å². The number of rotatable bonds is 6. The Kier molecular flexibility index (Phi) is 8.45. The van der Waals surface area contributed by atoms with Gasteiger partial charge in [-0.15, -0.1) is 0 Å². The summed E-state index contributed by atoms with van der Waals surface area (Å²) in [5.41, 5.74) is 0. The average molecular weight is 270 g/mol. The molecule has 0 amide bonds. The Hall–Kier alpha value is 0.200. The van der Waals surface area contributed by atoms with Crippen molar-refractivity contribution in [2.45, 2.75) is 32.6 Å². The van der Waals surface area contributed by atoms with Gasteiger partial charge >= 0.3 is 5.97 Å². The third kappa shape index (κ3) is 8.10. The predicted molar refractivity (Wildman–Crippen MR) is 54.0 cm³/mol. The van der Waals surface area contributed by atoms with E-state index < -0.39 is 0 Å². The maximum atomic E-state index is 10.9. The quantitative estimate of drug-likeness (QED) is 0.321. The Morgan fingerprint density at radius 3 is 2.73 bits per heavy atom. The molecule has 0 spiro atoms. The predicted octanol–water partition coefficient (Wildman–Crippen LogP) is 2.54. The van der Waals surface area contributed by atoms with Crippen molar-refractivity contribution in [3.05, 3.63) is 0 Å². The summed E-state index contributed by atoms with van der Waals surface area (Å²) in [5.74, 6) is -0.0462. The lowest BCUT2D eigenvalue weighted by Gasteiger charge is -2.01. The largest absolute Gasteiger partial charge is 0.466 e. The number of esters is 1. The van der Waals surface area contributed by atoms with Crippen LogP contribution in [0, 0.1) is 0 Å². The van der Waals surface area contributed by atoms with Gasteiger partial charge in [0.05, 0.1) is 6.61 Å². The molecule has 0 saturated heterocycles. The number of carbonyl (C=O) groups excluding carboxylic acids is 1. The van der Waals surface area contributed by atoms with Gasteiger partial charge in [0.2, 0.25) is 0 Å². The van der Waals surface area contributed by atoms with E-state index in [1.54, 1.807) is 0 Å². The SMILES string of the molecule is CCCCOC(=O)CCCI. The monoisotopic (exact) mass is 270 g/mol. The molecule has 0 fully saturated rings. The Labute approximate surface area is 81.8 Å². The summed E-state index contributed by atoms with van der Waals surface area (Å²) in [6, 6.07) is 0. The van der Waals surface area contributed by atoms with Crippen LogP contribution in [0.2, 0.25) is 0 Å². The van der Waals surface area contributed by atoms with E-state index in [1.165, 1.54) is 0 Å². The van der Waals surface area contributed by atoms with E-state index in [2.05, 4.69) is 29.5 Å². The van der Waals surface area contributed by atoms with E-state index in [1.807, 2.05) is 0 Å². The number of halogens is 1. The number of unbranched alkanes of at least 4 members (excludes halogenated alkanes) is 1. The number of hydrogen-bond donors (Lipinski definition) is 0. The molecular formula is C8H15IO2. The molecule has 66 valence electrons. The lowest BCUT2D eigenvalue weighted by molar-refractivity contribution is -0.143. The third-order valence-electron chi connectivity index (χ3n) is 1.28. The van der Waals surface area contributed by atoms with Gasteiger partial charge in [-0.05, 0) is 12.8 Å². The number of hydrogen-bond acceptors (Lipinski definition) is 2. The Morgan fingerprint density at radius 1 is 1.45 bits per heavy atom. The molecule has 0 unspecified atom stereocenters. The zero-order valence-corrected chi connectivity index (χ0v) is 9.09. The van der Waals surface area contributed by atoms with Gasteiger partial charge in [-0.2, -0.15) is 0 Å². The van der Waals surface area contributed by atoms with Crippen LogP contribution in [0.25, 0.3) is 0 Å². The number of alkyl halides is 1. The van der Waals surface area contributed by atoms with E-state index in [0.29, 0.717) is 13.0 Å². The summed E-state index contributed by atoms with van der Waals surface area (Å²) in [7, 11) is 0. The van der Waals surface area contributed by atoms with Crippen molar-refractivity contribution < 1.29 is 9.53 Å². The minimum Gasteiger partial charge on any atom is -0.466 e. The van der Waals surface area contributed by atoms with Gasteiger partial charge < -0.3 is 4.74 Å². The minimum absolute atomic E-state index is 0.0462. The molecule has 0 radical (unpaired) electrons. The molecule has 0 aliphatic heterocycles. The van der Waals surface area contributed by atoms with E-state index in [0.717, 1.165) is 23.7 Å². The highest BCUT2D eigenvalue weighted by Gasteiger charge is 1.99. The molecule has 0 heterocycles. The summed E-state index contributed by atoms with van der Waals surface area (Å²) < 4.78 is 5.97. The molecule has 11 heavy (non-hydrogen) atoms. The van der Waals surface area contributed by atoms with Gasteiger partial charge in [-0.25, -0.2) is 0 Å². The van der Waals surface area contributed by atoms with Crippen LogP contribution in [0.5, 0.6) is 0 Å². The Bertz CT molecular complexity index is 104. The molecule has 2 nitrogen and oxygen atoms in total. The molecule has 0 aliphatic rings. The first-order chi connectivity index (χ1) is 5.31. The smallest absolute Gasteiger partial charge is 0.305 e. The van der Waals surface area contributed by atoms with Crippen LogP contribution < -0.4 is 0 Å². The first-order valence-electron chi connectivity index (χ1n) is 4.02. The molecule has 0 aromatic rings. The molecule has 0 rings (SSSR count). The second kappa shape index (κ2) is 8.30. The van der Waals surface area contributed by atoms with E-state index in [9.17, 15) is 4.79 Å². The third-order valence-corrected chi connectivity index (χ3v) is 2.04. The summed E-state index contributed by atoms with van der Waals surface area (Å²) in [6.45, 7) is 2.68. The van der Waals surface area contributed by atoms with E-state index in [-0.39, 0.29) is 5.97 Å². The van der Waals surface area contributed by atoms with Crippen LogP contribution in [-0.4, -0.2) is 17.0 Å². The molecule has 0 aliphatic carbocycles. The summed E-state index contributed by atoms with van der Waals surface area (Å²) >= 11 is 2.26. The van der Waals surface area contributed by atoms with Crippen molar-refractivity contribution in [2.24, 2.45) is 0 Å². The Balaban J connectivity index is 3.09. The van der Waals surface area contributed by atoms with Crippen molar-refractivity contribution in [1.29, 1.82) is 0 Å². The van der Waals surface area contributed by atoms with Gasteiger partial charge in [-0.1, -0.05) is 35.9 Å². The molecule has 0 N–H and O–H groups in total. The highest BCUT2D eigenvalue weighted by molar-refractivity contribution is 14.1. The second-order valence-electron chi connectivity index (χ2n) is 2.37. The normalized spacial score (nSPS) is 9.64. The summed E-state index contributed by atoms with van der Waals surface area (Å²) in [4.78, 5) is 10.9. The van der Waals surface area contributed by atoms with Crippen LogP contribution in [0.3, 0.4) is 0 Å². The van der Waals surface area contributed by atoms with Crippen molar-refractivity contribution >= 4 is 28.6 Å². The zero-order valence-electron chi connectivity index (χ0n) is 6.94. The van der Waals surface area contributed by atoms with Crippen LogP contribution in [0.4, 0.5) is 0 Å². The standard InChI is InChI=1S/C8H15IO2/c1-2-3-7-11-8(10)5-4-6-9/h2-7H2,1H3. The second-order valence-corrected chi connectivity index (χ2v) is 3.45.